The number of benzene rings is 1. The maximum Gasteiger partial charge on any atom is 0.416 e. The molecule has 2 aliphatic heterocycles. The van der Waals surface area contributed by atoms with Crippen LogP contribution < -0.4 is 10.8 Å². The van der Waals surface area contributed by atoms with Crippen LogP contribution in [0.1, 0.15) is 24.0 Å². The van der Waals surface area contributed by atoms with Gasteiger partial charge in [0.2, 0.25) is 12.1 Å². The third-order valence-corrected chi connectivity index (χ3v) is 5.17. The first-order valence-corrected chi connectivity index (χ1v) is 9.34. The van der Waals surface area contributed by atoms with Crippen LogP contribution in [0.4, 0.5) is 13.2 Å². The summed E-state index contributed by atoms with van der Waals surface area (Å²) in [5, 5.41) is 15.1. The molecule has 2 aliphatic rings. The van der Waals surface area contributed by atoms with E-state index in [0.29, 0.717) is 29.9 Å². The second-order valence-electron chi connectivity index (χ2n) is 7.48. The zero-order chi connectivity index (χ0) is 21.6. The smallest absolute Gasteiger partial charge is 0.416 e. The highest BCUT2D eigenvalue weighted by Crippen LogP contribution is 2.37. The molecule has 0 saturated carbocycles. The molecule has 0 radical (unpaired) electrons. The predicted octanol–water partition coefficient (Wildman–Crippen LogP) is 1.41. The van der Waals surface area contributed by atoms with Crippen LogP contribution in [0.2, 0.25) is 0 Å². The van der Waals surface area contributed by atoms with Gasteiger partial charge in [-0.2, -0.15) is 13.2 Å². The summed E-state index contributed by atoms with van der Waals surface area (Å²) >= 11 is 0. The number of aromatic nitrogens is 2. The minimum atomic E-state index is -4.55. The lowest BCUT2D eigenvalue weighted by molar-refractivity contribution is -0.424. The number of hydrogen-bond donors (Lipinski definition) is 1. The minimum Gasteiger partial charge on any atom is -0.507 e. The fraction of sp³-hybridized carbons (Fsp3) is 0.350. The molecule has 7 nitrogen and oxygen atoms in total. The molecular formula is C20H19F3N5O2+. The average molecular weight is 418 g/mol. The van der Waals surface area contributed by atoms with Crippen LogP contribution >= 0.6 is 0 Å². The van der Waals surface area contributed by atoms with Crippen molar-refractivity contribution in [2.24, 2.45) is 11.0 Å². The second kappa shape index (κ2) is 7.19. The number of piperidine rings is 1. The molecule has 0 spiro atoms. The highest BCUT2D eigenvalue weighted by Gasteiger charge is 2.32. The lowest BCUT2D eigenvalue weighted by Crippen LogP contribution is -2.38. The van der Waals surface area contributed by atoms with E-state index >= 15 is 0 Å². The fourth-order valence-corrected chi connectivity index (χ4v) is 3.66. The Morgan fingerprint density at radius 2 is 2.10 bits per heavy atom. The van der Waals surface area contributed by atoms with Crippen molar-refractivity contribution < 1.29 is 27.8 Å². The molecule has 3 heterocycles. The van der Waals surface area contributed by atoms with Gasteiger partial charge in [0, 0.05) is 30.7 Å². The summed E-state index contributed by atoms with van der Waals surface area (Å²) in [5.41, 5.74) is 0.0347. The second-order valence-corrected chi connectivity index (χ2v) is 7.48. The van der Waals surface area contributed by atoms with Gasteiger partial charge in [-0.15, -0.1) is 0 Å². The number of phenols is 1. The predicted molar refractivity (Wildman–Crippen MR) is 101 cm³/mol. The molecule has 1 aromatic heterocycles. The highest BCUT2D eigenvalue weighted by atomic mass is 19.4. The van der Waals surface area contributed by atoms with Crippen molar-refractivity contribution in [3.8, 4) is 17.0 Å². The molecular weight excluding hydrogens is 399 g/mol. The molecule has 10 heteroatoms. The molecule has 2 aromatic rings. The number of nitrogens with zero attached hydrogens (tertiary/aromatic N) is 5. The monoisotopic (exact) mass is 418 g/mol. The largest absolute Gasteiger partial charge is 0.507 e. The number of aryl methyl sites for hydroxylation is 1. The number of fused-ring (bicyclic) bond motifs is 1. The van der Waals surface area contributed by atoms with Crippen LogP contribution in [0.5, 0.6) is 5.75 Å². The number of phenolic OH excluding ortho intramolecular Hbond substituents is 1. The molecule has 1 atom stereocenters. The number of alkyl halides is 3. The van der Waals surface area contributed by atoms with Crippen molar-refractivity contribution in [3.05, 3.63) is 40.3 Å². The highest BCUT2D eigenvalue weighted by molar-refractivity contribution is 5.78. The lowest BCUT2D eigenvalue weighted by atomic mass is 9.99. The van der Waals surface area contributed by atoms with Gasteiger partial charge in [-0.25, -0.2) is 9.97 Å². The van der Waals surface area contributed by atoms with E-state index in [-0.39, 0.29) is 28.6 Å². The molecule has 4 rings (SSSR count). The van der Waals surface area contributed by atoms with Gasteiger partial charge < -0.3 is 10.0 Å². The molecule has 0 bridgehead atoms. The van der Waals surface area contributed by atoms with Crippen LogP contribution in [-0.2, 0) is 11.0 Å². The third kappa shape index (κ3) is 3.77. The van der Waals surface area contributed by atoms with E-state index in [2.05, 4.69) is 15.1 Å². The Kier molecular flexibility index (Phi) is 4.79. The maximum absolute atomic E-state index is 13.0. The number of aromatic hydroxyl groups is 1. The van der Waals surface area contributed by atoms with Gasteiger partial charge in [0.25, 0.3) is 5.49 Å². The number of rotatable bonds is 2. The van der Waals surface area contributed by atoms with Gasteiger partial charge in [0.15, 0.2) is 11.6 Å². The fourth-order valence-electron chi connectivity index (χ4n) is 3.66. The topological polar surface area (TPSA) is 81.7 Å². The number of halogens is 3. The quantitative estimate of drug-likeness (QED) is 0.748. The van der Waals surface area contributed by atoms with E-state index in [1.807, 2.05) is 6.21 Å². The minimum absolute atomic E-state index is 0.116. The van der Waals surface area contributed by atoms with Crippen molar-refractivity contribution in [2.75, 3.05) is 13.6 Å². The van der Waals surface area contributed by atoms with Crippen molar-refractivity contribution in [2.45, 2.75) is 25.9 Å². The van der Waals surface area contributed by atoms with E-state index in [4.69, 9.17) is 0 Å². The summed E-state index contributed by atoms with van der Waals surface area (Å²) in [5.74, 6) is -0.260. The average Bonchev–Trinajstić information content (AvgIpc) is 3.05. The number of carbonyl (C=O) groups is 1. The van der Waals surface area contributed by atoms with Crippen molar-refractivity contribution in [3.63, 3.8) is 0 Å². The van der Waals surface area contributed by atoms with E-state index in [0.717, 1.165) is 12.5 Å². The number of amides is 1. The molecule has 0 aliphatic carbocycles. The SMILES string of the molecule is Cc1cc(C(F)(F)F)cc(O)c1-c1cnc2c(n1)=N/[N+](=C/C1CCC(=O)N(C)C1)C=2. The molecule has 30 heavy (non-hydrogen) atoms. The van der Waals surface area contributed by atoms with Crippen molar-refractivity contribution in [1.82, 2.24) is 14.9 Å². The summed E-state index contributed by atoms with van der Waals surface area (Å²) in [4.78, 5) is 22.0. The maximum atomic E-state index is 13.0. The van der Waals surface area contributed by atoms with E-state index in [1.165, 1.54) is 13.1 Å². The normalized spacial score (nSPS) is 20.2. The van der Waals surface area contributed by atoms with E-state index in [1.54, 1.807) is 22.8 Å². The third-order valence-electron chi connectivity index (χ3n) is 5.17. The molecule has 1 fully saturated rings. The van der Waals surface area contributed by atoms with Gasteiger partial charge in [-0.05, 0) is 31.0 Å². The first kappa shape index (κ1) is 20.0. The Hall–Kier alpha value is -3.30. The van der Waals surface area contributed by atoms with Crippen LogP contribution in [0.15, 0.2) is 23.4 Å². The molecule has 1 unspecified atom stereocenters. The van der Waals surface area contributed by atoms with Gasteiger partial charge in [-0.1, -0.05) is 4.68 Å². The Bertz CT molecular complexity index is 1170. The van der Waals surface area contributed by atoms with Crippen LogP contribution in [0.3, 0.4) is 0 Å². The lowest BCUT2D eigenvalue weighted by Gasteiger charge is -2.25. The molecule has 1 amide bonds. The van der Waals surface area contributed by atoms with Gasteiger partial charge >= 0.3 is 6.18 Å². The van der Waals surface area contributed by atoms with Crippen LogP contribution in [-0.4, -0.2) is 50.4 Å². The Morgan fingerprint density at radius 1 is 1.33 bits per heavy atom. The zero-order valence-electron chi connectivity index (χ0n) is 16.3. The Balaban J connectivity index is 1.67. The summed E-state index contributed by atoms with van der Waals surface area (Å²) in [6, 6.07) is 1.65. The molecule has 156 valence electrons. The van der Waals surface area contributed by atoms with Crippen molar-refractivity contribution >= 4 is 18.3 Å². The van der Waals surface area contributed by atoms with Gasteiger partial charge in [0.05, 0.1) is 23.4 Å². The van der Waals surface area contributed by atoms with Crippen molar-refractivity contribution in [1.29, 1.82) is 0 Å². The first-order valence-electron chi connectivity index (χ1n) is 9.34. The summed E-state index contributed by atoms with van der Waals surface area (Å²) in [6.45, 7) is 2.07. The molecule has 1 aromatic carbocycles. The Morgan fingerprint density at radius 3 is 2.77 bits per heavy atom. The first-order chi connectivity index (χ1) is 14.1. The Labute approximate surface area is 169 Å². The van der Waals surface area contributed by atoms with E-state index in [9.17, 15) is 23.1 Å². The molecule has 1 saturated heterocycles. The van der Waals surface area contributed by atoms with E-state index < -0.39 is 17.5 Å². The standard InChI is InChI=1S/C20H18F3N5O2/c1-11-5-13(20(21,22)23)6-16(29)18(11)14-7-24-15-10-28(26-19(15)25-14)9-12-3-4-17(30)27(2)8-12/h5-7,9-10,12H,3-4,8H2,1-2H3/p+1/b28-9+. The number of hydrogen-bond acceptors (Lipinski definition) is 5. The van der Waals surface area contributed by atoms with Gasteiger partial charge in [0.1, 0.15) is 5.75 Å². The van der Waals surface area contributed by atoms with Gasteiger partial charge in [-0.3, -0.25) is 4.79 Å². The van der Waals surface area contributed by atoms with Crippen LogP contribution in [0.25, 0.3) is 17.5 Å². The summed E-state index contributed by atoms with van der Waals surface area (Å²) < 4.78 is 40.5. The number of carbonyl (C=O) groups excluding carboxylic acids is 1. The summed E-state index contributed by atoms with van der Waals surface area (Å²) in [6.07, 6.45) is 1.64. The molecule has 1 N–H and O–H groups in total. The number of likely N-dealkylation sites (tertiary alicyclic amines) is 1. The summed E-state index contributed by atoms with van der Waals surface area (Å²) in [7, 11) is 1.76. The zero-order valence-corrected chi connectivity index (χ0v) is 16.3. The van der Waals surface area contributed by atoms with Crippen LogP contribution in [0, 0.1) is 12.8 Å².